The summed E-state index contributed by atoms with van der Waals surface area (Å²) in [5.74, 6) is 0.188. The summed E-state index contributed by atoms with van der Waals surface area (Å²) >= 11 is 1.32. The van der Waals surface area contributed by atoms with Gasteiger partial charge < -0.3 is 16.8 Å². The van der Waals surface area contributed by atoms with Crippen LogP contribution in [-0.2, 0) is 0 Å². The number of benzene rings is 1. The number of carbonyl (C=O) groups excluding carboxylic acids is 1. The molecule has 27 heavy (non-hydrogen) atoms. The molecule has 1 amide bonds. The van der Waals surface area contributed by atoms with Gasteiger partial charge in [0.2, 0.25) is 5.13 Å². The van der Waals surface area contributed by atoms with Crippen molar-refractivity contribution in [1.82, 2.24) is 29.9 Å². The van der Waals surface area contributed by atoms with Gasteiger partial charge in [0.1, 0.15) is 4.83 Å². The van der Waals surface area contributed by atoms with Gasteiger partial charge in [-0.3, -0.25) is 4.79 Å². The van der Waals surface area contributed by atoms with Crippen molar-refractivity contribution >= 4 is 33.0 Å². The van der Waals surface area contributed by atoms with Crippen molar-refractivity contribution in [3.05, 3.63) is 54.2 Å². The van der Waals surface area contributed by atoms with E-state index in [-0.39, 0.29) is 11.5 Å². The normalized spacial score (nSPS) is 12.2. The van der Waals surface area contributed by atoms with Crippen molar-refractivity contribution in [2.45, 2.75) is 13.0 Å². The Morgan fingerprint density at radius 1 is 1.19 bits per heavy atom. The summed E-state index contributed by atoms with van der Waals surface area (Å²) in [6.45, 7) is 1.80. The number of anilines is 2. The van der Waals surface area contributed by atoms with E-state index in [4.69, 9.17) is 11.5 Å². The molecule has 0 radical (unpaired) electrons. The van der Waals surface area contributed by atoms with E-state index < -0.39 is 11.9 Å². The van der Waals surface area contributed by atoms with E-state index in [1.165, 1.54) is 11.3 Å². The van der Waals surface area contributed by atoms with Crippen LogP contribution in [0.2, 0.25) is 0 Å². The van der Waals surface area contributed by atoms with Gasteiger partial charge in [0, 0.05) is 5.56 Å². The van der Waals surface area contributed by atoms with E-state index in [1.54, 1.807) is 23.8 Å². The maximum atomic E-state index is 12.7. The van der Waals surface area contributed by atoms with E-state index in [9.17, 15) is 4.79 Å². The first-order chi connectivity index (χ1) is 13.0. The van der Waals surface area contributed by atoms with Crippen LogP contribution in [0.1, 0.15) is 29.3 Å². The standard InChI is InChI=1S/C17H16N8OS/c1-9(15-21-8-12-25(15)24-17(19)27-12)22-16(26)13-14(18)20-7-11(23-13)10-5-3-2-4-6-10/h2-9H,1H3,(H2,18,20)(H2,19,24)(H,22,26)/t9-/m1/s1. The van der Waals surface area contributed by atoms with Crippen LogP contribution in [0.15, 0.2) is 42.7 Å². The Kier molecular flexibility index (Phi) is 4.16. The average molecular weight is 380 g/mol. The Balaban J connectivity index is 1.61. The number of hydrogen-bond donors (Lipinski definition) is 3. The summed E-state index contributed by atoms with van der Waals surface area (Å²) in [5, 5.41) is 7.46. The van der Waals surface area contributed by atoms with Crippen molar-refractivity contribution < 1.29 is 4.79 Å². The minimum atomic E-state index is -0.440. The first kappa shape index (κ1) is 16.9. The third kappa shape index (κ3) is 3.17. The number of imidazole rings is 1. The lowest BCUT2D eigenvalue weighted by Crippen LogP contribution is -2.30. The third-order valence-electron chi connectivity index (χ3n) is 3.96. The smallest absolute Gasteiger partial charge is 0.274 e. The fraction of sp³-hybridized carbons (Fsp3) is 0.118. The highest BCUT2D eigenvalue weighted by molar-refractivity contribution is 7.20. The van der Waals surface area contributed by atoms with Crippen LogP contribution in [0.3, 0.4) is 0 Å². The second-order valence-electron chi connectivity index (χ2n) is 5.86. The lowest BCUT2D eigenvalue weighted by molar-refractivity contribution is 0.0933. The molecule has 1 aromatic carbocycles. The van der Waals surface area contributed by atoms with Gasteiger partial charge in [-0.1, -0.05) is 41.7 Å². The van der Waals surface area contributed by atoms with Crippen molar-refractivity contribution in [2.75, 3.05) is 11.5 Å². The summed E-state index contributed by atoms with van der Waals surface area (Å²) in [6, 6.07) is 9.02. The molecule has 4 aromatic rings. The molecule has 9 nitrogen and oxygen atoms in total. The van der Waals surface area contributed by atoms with Gasteiger partial charge in [0.05, 0.1) is 24.1 Å². The molecule has 4 rings (SSSR count). The summed E-state index contributed by atoms with van der Waals surface area (Å²) in [7, 11) is 0. The largest absolute Gasteiger partial charge is 0.382 e. The van der Waals surface area contributed by atoms with Gasteiger partial charge in [-0.05, 0) is 6.92 Å². The van der Waals surface area contributed by atoms with Crippen molar-refractivity contribution in [3.8, 4) is 11.3 Å². The first-order valence-electron chi connectivity index (χ1n) is 8.11. The number of nitrogens with one attached hydrogen (secondary N) is 1. The van der Waals surface area contributed by atoms with Crippen molar-refractivity contribution in [1.29, 1.82) is 0 Å². The number of nitrogens with two attached hydrogens (primary N) is 2. The Hall–Kier alpha value is -3.53. The SMILES string of the molecule is C[C@@H](NC(=O)c1nc(-c2ccccc2)cnc1N)c1ncc2sc(N)nn12. The Bertz CT molecular complexity index is 1120. The number of hydrogen-bond acceptors (Lipinski definition) is 8. The van der Waals surface area contributed by atoms with E-state index in [2.05, 4.69) is 25.4 Å². The predicted octanol–water partition coefficient (Wildman–Crippen LogP) is 1.90. The zero-order valence-corrected chi connectivity index (χ0v) is 15.1. The van der Waals surface area contributed by atoms with Crippen molar-refractivity contribution in [3.63, 3.8) is 0 Å². The maximum Gasteiger partial charge on any atom is 0.274 e. The average Bonchev–Trinajstić information content (AvgIpc) is 3.21. The summed E-state index contributed by atoms with van der Waals surface area (Å²) in [5.41, 5.74) is 13.1. The van der Waals surface area contributed by atoms with Crippen LogP contribution in [0, 0.1) is 0 Å². The molecule has 0 unspecified atom stereocenters. The molecule has 0 fully saturated rings. The number of fused-ring (bicyclic) bond motifs is 1. The number of rotatable bonds is 4. The van der Waals surface area contributed by atoms with Crippen LogP contribution in [0.4, 0.5) is 10.9 Å². The van der Waals surface area contributed by atoms with E-state index >= 15 is 0 Å². The van der Waals surface area contributed by atoms with Crippen LogP contribution in [-0.4, -0.2) is 30.5 Å². The molecular formula is C17H16N8OS. The van der Waals surface area contributed by atoms with Crippen molar-refractivity contribution in [2.24, 2.45) is 0 Å². The van der Waals surface area contributed by atoms with E-state index in [1.807, 2.05) is 30.3 Å². The second-order valence-corrected chi connectivity index (χ2v) is 6.90. The molecule has 10 heteroatoms. The van der Waals surface area contributed by atoms with Crippen LogP contribution in [0.5, 0.6) is 0 Å². The molecule has 0 spiro atoms. The van der Waals surface area contributed by atoms with Gasteiger partial charge in [0.25, 0.3) is 5.91 Å². The van der Waals surface area contributed by atoms with E-state index in [0.717, 1.165) is 10.4 Å². The monoisotopic (exact) mass is 380 g/mol. The minimum Gasteiger partial charge on any atom is -0.382 e. The topological polar surface area (TPSA) is 137 Å². The molecule has 0 aliphatic carbocycles. The van der Waals surface area contributed by atoms with Gasteiger partial charge in [-0.2, -0.15) is 0 Å². The molecule has 0 aliphatic rings. The lowest BCUT2D eigenvalue weighted by Gasteiger charge is -2.13. The second kappa shape index (κ2) is 6.65. The highest BCUT2D eigenvalue weighted by atomic mass is 32.1. The van der Waals surface area contributed by atoms with Crippen LogP contribution < -0.4 is 16.8 Å². The molecule has 0 saturated carbocycles. The molecule has 0 bridgehead atoms. The van der Waals surface area contributed by atoms with Crippen LogP contribution in [0.25, 0.3) is 16.1 Å². The number of aromatic nitrogens is 5. The van der Waals surface area contributed by atoms with Gasteiger partial charge in [-0.15, -0.1) is 5.10 Å². The van der Waals surface area contributed by atoms with Gasteiger partial charge in [0.15, 0.2) is 17.3 Å². The Labute approximate surface area is 158 Å². The highest BCUT2D eigenvalue weighted by Gasteiger charge is 2.21. The first-order valence-corrected chi connectivity index (χ1v) is 8.93. The summed E-state index contributed by atoms with van der Waals surface area (Å²) < 4.78 is 1.61. The molecule has 1 atom stereocenters. The third-order valence-corrected chi connectivity index (χ3v) is 4.74. The molecule has 3 aromatic heterocycles. The lowest BCUT2D eigenvalue weighted by atomic mass is 10.1. The molecule has 0 aliphatic heterocycles. The highest BCUT2D eigenvalue weighted by Crippen LogP contribution is 2.22. The predicted molar refractivity (Wildman–Crippen MR) is 103 cm³/mol. The number of nitrogens with zero attached hydrogens (tertiary/aromatic N) is 5. The minimum absolute atomic E-state index is 0.0607. The van der Waals surface area contributed by atoms with Crippen LogP contribution >= 0.6 is 11.3 Å². The fourth-order valence-corrected chi connectivity index (χ4v) is 3.34. The zero-order chi connectivity index (χ0) is 19.0. The quantitative estimate of drug-likeness (QED) is 0.492. The van der Waals surface area contributed by atoms with Gasteiger partial charge in [-0.25, -0.2) is 19.5 Å². The van der Waals surface area contributed by atoms with Gasteiger partial charge >= 0.3 is 0 Å². The number of carbonyl (C=O) groups is 1. The molecule has 3 heterocycles. The fourth-order valence-electron chi connectivity index (χ4n) is 2.68. The maximum absolute atomic E-state index is 12.7. The Morgan fingerprint density at radius 2 is 1.96 bits per heavy atom. The zero-order valence-electron chi connectivity index (χ0n) is 14.3. The summed E-state index contributed by atoms with van der Waals surface area (Å²) in [6.07, 6.45) is 3.21. The molecular weight excluding hydrogens is 364 g/mol. The molecule has 136 valence electrons. The van der Waals surface area contributed by atoms with E-state index in [0.29, 0.717) is 16.6 Å². The number of nitrogen functional groups attached to an aromatic ring is 2. The number of amides is 1. The molecule has 5 N–H and O–H groups in total. The molecule has 0 saturated heterocycles. The summed E-state index contributed by atoms with van der Waals surface area (Å²) in [4.78, 5) is 26.3. The Morgan fingerprint density at radius 3 is 2.74 bits per heavy atom.